The van der Waals surface area contributed by atoms with Gasteiger partial charge in [-0.2, -0.15) is 5.26 Å². The van der Waals surface area contributed by atoms with E-state index in [0.717, 1.165) is 5.82 Å². The van der Waals surface area contributed by atoms with Crippen molar-refractivity contribution in [3.05, 3.63) is 42.0 Å². The number of aryl methyl sites for hydroxylation is 2. The maximum absolute atomic E-state index is 12.5. The summed E-state index contributed by atoms with van der Waals surface area (Å²) in [5.74, 6) is 0.479. The normalized spacial score (nSPS) is 14.5. The molecule has 1 saturated heterocycles. The molecule has 1 aliphatic rings. The first kappa shape index (κ1) is 16.6. The van der Waals surface area contributed by atoms with Gasteiger partial charge >= 0.3 is 0 Å². The molecular weight excluding hydrogens is 320 g/mol. The molecule has 1 fully saturated rings. The summed E-state index contributed by atoms with van der Waals surface area (Å²) in [6.07, 6.45) is 2.37. The van der Waals surface area contributed by atoms with Crippen molar-refractivity contribution in [3.63, 3.8) is 0 Å². The molecule has 1 aromatic heterocycles. The summed E-state index contributed by atoms with van der Waals surface area (Å²) in [5, 5.41) is 16.9. The van der Waals surface area contributed by atoms with Crippen molar-refractivity contribution in [2.75, 3.05) is 24.5 Å². The molecule has 8 nitrogen and oxygen atoms in total. The Morgan fingerprint density at radius 2 is 2.12 bits per heavy atom. The van der Waals surface area contributed by atoms with E-state index in [-0.39, 0.29) is 24.8 Å². The van der Waals surface area contributed by atoms with Crippen LogP contribution in [0, 0.1) is 11.3 Å². The Labute approximate surface area is 145 Å². The van der Waals surface area contributed by atoms with Gasteiger partial charge in [-0.15, -0.1) is 10.2 Å². The van der Waals surface area contributed by atoms with Gasteiger partial charge in [-0.1, -0.05) is 12.1 Å². The first-order valence-electron chi connectivity index (χ1n) is 8.00. The lowest BCUT2D eigenvalue weighted by Crippen LogP contribution is -2.52. The van der Waals surface area contributed by atoms with Crippen molar-refractivity contribution in [1.82, 2.24) is 19.7 Å². The number of hydrogen-bond donors (Lipinski definition) is 0. The largest absolute Gasteiger partial charge is 0.332 e. The Morgan fingerprint density at radius 3 is 2.80 bits per heavy atom. The van der Waals surface area contributed by atoms with Crippen LogP contribution < -0.4 is 4.90 Å². The van der Waals surface area contributed by atoms with Crippen LogP contribution in [-0.2, 0) is 23.1 Å². The third kappa shape index (κ3) is 3.50. The van der Waals surface area contributed by atoms with Crippen LogP contribution in [0.3, 0.4) is 0 Å². The molecule has 0 aliphatic carbocycles. The summed E-state index contributed by atoms with van der Waals surface area (Å²) in [6.45, 7) is 0.855. The molecule has 0 radical (unpaired) electrons. The zero-order valence-electron chi connectivity index (χ0n) is 13.9. The Balaban J connectivity index is 1.62. The standard InChI is InChI=1S/C17H18N6O2/c1-21-12-19-20-15(21)6-7-16(24)22-8-9-23(17(25)11-22)14-5-3-2-4-13(14)10-18/h2-5,12H,6-9,11H2,1H3. The van der Waals surface area contributed by atoms with Crippen LogP contribution >= 0.6 is 0 Å². The van der Waals surface area contributed by atoms with E-state index in [0.29, 0.717) is 30.8 Å². The van der Waals surface area contributed by atoms with Crippen LogP contribution in [0.1, 0.15) is 17.8 Å². The van der Waals surface area contributed by atoms with Crippen molar-refractivity contribution in [2.45, 2.75) is 12.8 Å². The molecule has 3 rings (SSSR count). The monoisotopic (exact) mass is 338 g/mol. The van der Waals surface area contributed by atoms with Crippen LogP contribution in [-0.4, -0.2) is 51.1 Å². The lowest BCUT2D eigenvalue weighted by Gasteiger charge is -2.34. The minimum atomic E-state index is -0.180. The lowest BCUT2D eigenvalue weighted by molar-refractivity contribution is -0.136. The predicted octanol–water partition coefficient (Wildman–Crippen LogP) is 0.495. The highest BCUT2D eigenvalue weighted by molar-refractivity contribution is 5.98. The average Bonchev–Trinajstić information content (AvgIpc) is 3.04. The van der Waals surface area contributed by atoms with Gasteiger partial charge in [-0.25, -0.2) is 0 Å². The minimum Gasteiger partial charge on any atom is -0.332 e. The molecule has 25 heavy (non-hydrogen) atoms. The highest BCUT2D eigenvalue weighted by Crippen LogP contribution is 2.22. The van der Waals surface area contributed by atoms with Crippen molar-refractivity contribution >= 4 is 17.5 Å². The lowest BCUT2D eigenvalue weighted by atomic mass is 10.1. The second kappa shape index (κ2) is 7.13. The molecule has 2 amide bonds. The number of para-hydroxylation sites is 1. The third-order valence-corrected chi connectivity index (χ3v) is 4.26. The molecule has 0 unspecified atom stereocenters. The summed E-state index contributed by atoms with van der Waals surface area (Å²) < 4.78 is 1.77. The Hall–Kier alpha value is -3.21. The van der Waals surface area contributed by atoms with E-state index in [2.05, 4.69) is 16.3 Å². The van der Waals surface area contributed by atoms with Gasteiger partial charge in [0.2, 0.25) is 11.8 Å². The number of rotatable bonds is 4. The molecule has 0 spiro atoms. The Morgan fingerprint density at radius 1 is 1.32 bits per heavy atom. The van der Waals surface area contributed by atoms with Crippen LogP contribution in [0.5, 0.6) is 0 Å². The maximum Gasteiger partial charge on any atom is 0.246 e. The number of anilines is 1. The SMILES string of the molecule is Cn1cnnc1CCC(=O)N1CCN(c2ccccc2C#N)C(=O)C1. The van der Waals surface area contributed by atoms with Crippen molar-refractivity contribution in [2.24, 2.45) is 7.05 Å². The van der Waals surface area contributed by atoms with E-state index in [4.69, 9.17) is 0 Å². The van der Waals surface area contributed by atoms with Crippen LogP contribution in [0.2, 0.25) is 0 Å². The van der Waals surface area contributed by atoms with E-state index < -0.39 is 0 Å². The van der Waals surface area contributed by atoms with Crippen LogP contribution in [0.25, 0.3) is 0 Å². The van der Waals surface area contributed by atoms with Gasteiger partial charge in [-0.05, 0) is 12.1 Å². The molecule has 128 valence electrons. The summed E-state index contributed by atoms with van der Waals surface area (Å²) in [5.41, 5.74) is 1.05. The molecule has 0 atom stereocenters. The van der Waals surface area contributed by atoms with Gasteiger partial charge in [0.25, 0.3) is 0 Å². The number of hydrogen-bond acceptors (Lipinski definition) is 5. The second-order valence-electron chi connectivity index (χ2n) is 5.85. The molecule has 8 heteroatoms. The van der Waals surface area contributed by atoms with Gasteiger partial charge in [-0.3, -0.25) is 9.59 Å². The molecule has 1 aromatic carbocycles. The van der Waals surface area contributed by atoms with Gasteiger partial charge < -0.3 is 14.4 Å². The summed E-state index contributed by atoms with van der Waals surface area (Å²) in [4.78, 5) is 28.0. The second-order valence-corrected chi connectivity index (χ2v) is 5.85. The Bertz CT molecular complexity index is 838. The minimum absolute atomic E-state index is 0.0252. The summed E-state index contributed by atoms with van der Waals surface area (Å²) >= 11 is 0. The fourth-order valence-corrected chi connectivity index (χ4v) is 2.85. The van der Waals surface area contributed by atoms with E-state index in [1.807, 2.05) is 7.05 Å². The highest BCUT2D eigenvalue weighted by Gasteiger charge is 2.29. The summed E-state index contributed by atoms with van der Waals surface area (Å²) in [6, 6.07) is 9.09. The highest BCUT2D eigenvalue weighted by atomic mass is 16.2. The zero-order chi connectivity index (χ0) is 17.8. The average molecular weight is 338 g/mol. The van der Waals surface area contributed by atoms with E-state index >= 15 is 0 Å². The van der Waals surface area contributed by atoms with Crippen molar-refractivity contribution in [1.29, 1.82) is 5.26 Å². The number of nitrogens with zero attached hydrogens (tertiary/aromatic N) is 6. The molecule has 0 bridgehead atoms. The number of carbonyl (C=O) groups excluding carboxylic acids is 2. The fraction of sp³-hybridized carbons (Fsp3) is 0.353. The number of nitriles is 1. The van der Waals surface area contributed by atoms with Crippen LogP contribution in [0.4, 0.5) is 5.69 Å². The molecule has 0 saturated carbocycles. The topological polar surface area (TPSA) is 95.1 Å². The molecule has 2 heterocycles. The number of carbonyl (C=O) groups is 2. The Kier molecular flexibility index (Phi) is 4.75. The van der Waals surface area contributed by atoms with Crippen molar-refractivity contribution < 1.29 is 9.59 Å². The number of benzene rings is 1. The molecule has 0 N–H and O–H groups in total. The number of amides is 2. The molecule has 1 aliphatic heterocycles. The van der Waals surface area contributed by atoms with Crippen LogP contribution in [0.15, 0.2) is 30.6 Å². The fourth-order valence-electron chi connectivity index (χ4n) is 2.85. The van der Waals surface area contributed by atoms with Gasteiger partial charge in [0.1, 0.15) is 24.8 Å². The van der Waals surface area contributed by atoms with Crippen molar-refractivity contribution in [3.8, 4) is 6.07 Å². The smallest absolute Gasteiger partial charge is 0.246 e. The van der Waals surface area contributed by atoms with E-state index in [9.17, 15) is 14.9 Å². The zero-order valence-corrected chi connectivity index (χ0v) is 13.9. The predicted molar refractivity (Wildman–Crippen MR) is 89.4 cm³/mol. The molecule has 2 aromatic rings. The van der Waals surface area contributed by atoms with E-state index in [1.165, 1.54) is 0 Å². The number of aromatic nitrogens is 3. The number of piperazine rings is 1. The quantitative estimate of drug-likeness (QED) is 0.809. The van der Waals surface area contributed by atoms with Gasteiger partial charge in [0.05, 0.1) is 11.3 Å². The first-order chi connectivity index (χ1) is 12.1. The maximum atomic E-state index is 12.5. The first-order valence-corrected chi connectivity index (χ1v) is 8.00. The third-order valence-electron chi connectivity index (χ3n) is 4.26. The summed E-state index contributed by atoms with van der Waals surface area (Å²) in [7, 11) is 1.83. The van der Waals surface area contributed by atoms with Gasteiger partial charge in [0.15, 0.2) is 0 Å². The molecular formula is C17H18N6O2. The van der Waals surface area contributed by atoms with E-state index in [1.54, 1.807) is 45.0 Å². The van der Waals surface area contributed by atoms with Gasteiger partial charge in [0, 0.05) is 33.0 Å².